The predicted octanol–water partition coefficient (Wildman–Crippen LogP) is 2.78. The van der Waals surface area contributed by atoms with E-state index in [4.69, 9.17) is 10.5 Å². The lowest BCUT2D eigenvalue weighted by Gasteiger charge is -2.17. The van der Waals surface area contributed by atoms with E-state index in [9.17, 15) is 0 Å². The Morgan fingerprint density at radius 3 is 2.95 bits per heavy atom. The van der Waals surface area contributed by atoms with E-state index in [1.165, 1.54) is 12.8 Å². The third-order valence-electron chi connectivity index (χ3n) is 4.24. The molecule has 3 N–H and O–H groups in total. The number of benzene rings is 1. The van der Waals surface area contributed by atoms with E-state index in [2.05, 4.69) is 16.4 Å². The van der Waals surface area contributed by atoms with Crippen LogP contribution in [-0.4, -0.2) is 24.7 Å². The summed E-state index contributed by atoms with van der Waals surface area (Å²) >= 11 is 0. The maximum absolute atomic E-state index is 6.12. The summed E-state index contributed by atoms with van der Waals surface area (Å²) in [5, 5.41) is 5.65. The monoisotopic (exact) mass is 271 g/mol. The van der Waals surface area contributed by atoms with Crippen LogP contribution < -0.4 is 15.8 Å². The number of methoxy groups -OCH3 is 1. The third kappa shape index (κ3) is 2.43. The van der Waals surface area contributed by atoms with Gasteiger partial charge in [0.15, 0.2) is 0 Å². The molecule has 1 heterocycles. The van der Waals surface area contributed by atoms with Crippen molar-refractivity contribution < 1.29 is 4.74 Å². The second-order valence-electron chi connectivity index (χ2n) is 5.45. The molecule has 0 amide bonds. The molecule has 106 valence electrons. The zero-order valence-corrected chi connectivity index (χ0v) is 11.8. The number of nitrogens with zero attached hydrogens (tertiary/aromatic N) is 1. The highest BCUT2D eigenvalue weighted by molar-refractivity contribution is 5.95. The normalized spacial score (nSPS) is 22.1. The lowest BCUT2D eigenvalue weighted by molar-refractivity contribution is 0.420. The molecule has 0 saturated heterocycles. The molecule has 1 saturated carbocycles. The average molecular weight is 271 g/mol. The van der Waals surface area contributed by atoms with Gasteiger partial charge in [-0.05, 0) is 30.9 Å². The van der Waals surface area contributed by atoms with Gasteiger partial charge in [-0.1, -0.05) is 18.6 Å². The van der Waals surface area contributed by atoms with Crippen molar-refractivity contribution in [3.05, 3.63) is 30.5 Å². The molecule has 0 bridgehead atoms. The van der Waals surface area contributed by atoms with Crippen molar-refractivity contribution in [3.8, 4) is 5.75 Å². The molecule has 1 aliphatic carbocycles. The summed E-state index contributed by atoms with van der Waals surface area (Å²) in [5.74, 6) is 2.35. The molecule has 1 aliphatic rings. The van der Waals surface area contributed by atoms with E-state index in [1.54, 1.807) is 7.11 Å². The van der Waals surface area contributed by atoms with Gasteiger partial charge in [0.05, 0.1) is 7.11 Å². The summed E-state index contributed by atoms with van der Waals surface area (Å²) in [4.78, 5) is 4.46. The van der Waals surface area contributed by atoms with Crippen LogP contribution in [0.2, 0.25) is 0 Å². The van der Waals surface area contributed by atoms with E-state index in [1.807, 2.05) is 24.4 Å². The Labute approximate surface area is 119 Å². The van der Waals surface area contributed by atoms with Gasteiger partial charge < -0.3 is 15.8 Å². The Morgan fingerprint density at radius 2 is 2.20 bits per heavy atom. The van der Waals surface area contributed by atoms with Crippen molar-refractivity contribution in [1.82, 2.24) is 4.98 Å². The molecule has 0 spiro atoms. The summed E-state index contributed by atoms with van der Waals surface area (Å²) in [7, 11) is 1.69. The first-order chi connectivity index (χ1) is 9.79. The van der Waals surface area contributed by atoms with Crippen LogP contribution in [0.25, 0.3) is 10.8 Å². The number of nitrogens with two attached hydrogens (primary N) is 1. The fourth-order valence-electron chi connectivity index (χ4n) is 3.04. The largest absolute Gasteiger partial charge is 0.496 e. The molecular weight excluding hydrogens is 250 g/mol. The summed E-state index contributed by atoms with van der Waals surface area (Å²) in [5.41, 5.74) is 6.12. The minimum Gasteiger partial charge on any atom is -0.496 e. The molecule has 2 unspecified atom stereocenters. The van der Waals surface area contributed by atoms with Crippen LogP contribution in [0, 0.1) is 5.92 Å². The molecule has 4 nitrogen and oxygen atoms in total. The first-order valence-electron chi connectivity index (χ1n) is 7.21. The number of nitrogens with one attached hydrogen (secondary N) is 1. The van der Waals surface area contributed by atoms with Gasteiger partial charge >= 0.3 is 0 Å². The number of anilines is 1. The van der Waals surface area contributed by atoms with Gasteiger partial charge in [0.2, 0.25) is 0 Å². The van der Waals surface area contributed by atoms with Crippen molar-refractivity contribution in [2.24, 2.45) is 11.7 Å². The summed E-state index contributed by atoms with van der Waals surface area (Å²) in [6.45, 7) is 0.893. The fourth-order valence-corrected chi connectivity index (χ4v) is 3.04. The van der Waals surface area contributed by atoms with E-state index in [0.717, 1.165) is 35.3 Å². The maximum Gasteiger partial charge on any atom is 0.133 e. The number of rotatable bonds is 4. The number of aromatic nitrogens is 1. The standard InChI is InChI=1S/C16H21N3O/c1-20-15-7-3-5-13-12(15)8-9-18-16(13)19-10-11-4-2-6-14(11)17/h3,5,7-9,11,14H,2,4,6,10,17H2,1H3,(H,18,19). The van der Waals surface area contributed by atoms with Crippen LogP contribution in [0.5, 0.6) is 5.75 Å². The molecule has 4 heteroatoms. The van der Waals surface area contributed by atoms with E-state index < -0.39 is 0 Å². The SMILES string of the molecule is COc1cccc2c(NCC3CCCC3N)nccc12. The van der Waals surface area contributed by atoms with E-state index in [-0.39, 0.29) is 0 Å². The Hall–Kier alpha value is -1.81. The second kappa shape index (κ2) is 5.67. The number of hydrogen-bond acceptors (Lipinski definition) is 4. The lowest BCUT2D eigenvalue weighted by Crippen LogP contribution is -2.29. The molecule has 1 fully saturated rings. The van der Waals surface area contributed by atoms with Crippen LogP contribution in [-0.2, 0) is 0 Å². The first-order valence-corrected chi connectivity index (χ1v) is 7.21. The third-order valence-corrected chi connectivity index (χ3v) is 4.24. The zero-order valence-electron chi connectivity index (χ0n) is 11.8. The summed E-state index contributed by atoms with van der Waals surface area (Å²) in [6, 6.07) is 8.35. The number of pyridine rings is 1. The molecule has 1 aromatic heterocycles. The Morgan fingerprint density at radius 1 is 1.30 bits per heavy atom. The lowest BCUT2D eigenvalue weighted by atomic mass is 10.0. The van der Waals surface area contributed by atoms with Crippen LogP contribution in [0.4, 0.5) is 5.82 Å². The van der Waals surface area contributed by atoms with Gasteiger partial charge in [0.25, 0.3) is 0 Å². The van der Waals surface area contributed by atoms with Gasteiger partial charge in [0, 0.05) is 29.6 Å². The van der Waals surface area contributed by atoms with E-state index >= 15 is 0 Å². The summed E-state index contributed by atoms with van der Waals surface area (Å²) in [6.07, 6.45) is 5.41. The predicted molar refractivity (Wildman–Crippen MR) is 82.1 cm³/mol. The fraction of sp³-hybridized carbons (Fsp3) is 0.438. The zero-order chi connectivity index (χ0) is 13.9. The van der Waals surface area contributed by atoms with Crippen molar-refractivity contribution >= 4 is 16.6 Å². The highest BCUT2D eigenvalue weighted by Crippen LogP contribution is 2.30. The minimum atomic E-state index is 0.326. The van der Waals surface area contributed by atoms with Crippen LogP contribution in [0.15, 0.2) is 30.5 Å². The van der Waals surface area contributed by atoms with Crippen molar-refractivity contribution in [3.63, 3.8) is 0 Å². The second-order valence-corrected chi connectivity index (χ2v) is 5.45. The number of ether oxygens (including phenoxy) is 1. The van der Waals surface area contributed by atoms with Gasteiger partial charge in [0.1, 0.15) is 11.6 Å². The highest BCUT2D eigenvalue weighted by atomic mass is 16.5. The van der Waals surface area contributed by atoms with Crippen LogP contribution in [0.3, 0.4) is 0 Å². The van der Waals surface area contributed by atoms with Crippen LogP contribution >= 0.6 is 0 Å². The quantitative estimate of drug-likeness (QED) is 0.897. The molecule has 1 aromatic carbocycles. The molecular formula is C16H21N3O. The Bertz CT molecular complexity index is 599. The maximum atomic E-state index is 6.12. The minimum absolute atomic E-state index is 0.326. The molecule has 2 atom stereocenters. The molecule has 0 radical (unpaired) electrons. The first kappa shape index (κ1) is 13.2. The summed E-state index contributed by atoms with van der Waals surface area (Å²) < 4.78 is 5.40. The molecule has 2 aromatic rings. The van der Waals surface area contributed by atoms with Gasteiger partial charge in [-0.3, -0.25) is 0 Å². The van der Waals surface area contributed by atoms with Crippen molar-refractivity contribution in [1.29, 1.82) is 0 Å². The highest BCUT2D eigenvalue weighted by Gasteiger charge is 2.23. The molecule has 20 heavy (non-hydrogen) atoms. The van der Waals surface area contributed by atoms with Crippen molar-refractivity contribution in [2.45, 2.75) is 25.3 Å². The smallest absolute Gasteiger partial charge is 0.133 e. The number of hydrogen-bond donors (Lipinski definition) is 2. The van der Waals surface area contributed by atoms with E-state index in [0.29, 0.717) is 12.0 Å². The van der Waals surface area contributed by atoms with Gasteiger partial charge in [-0.25, -0.2) is 4.98 Å². The van der Waals surface area contributed by atoms with Crippen molar-refractivity contribution in [2.75, 3.05) is 19.0 Å². The number of fused-ring (bicyclic) bond motifs is 1. The average Bonchev–Trinajstić information content (AvgIpc) is 2.89. The van der Waals surface area contributed by atoms with Crippen LogP contribution in [0.1, 0.15) is 19.3 Å². The molecule has 3 rings (SSSR count). The Balaban J connectivity index is 1.84. The van der Waals surface area contributed by atoms with Gasteiger partial charge in [-0.15, -0.1) is 0 Å². The topological polar surface area (TPSA) is 60.2 Å². The Kier molecular flexibility index (Phi) is 3.74. The molecule has 0 aliphatic heterocycles. The van der Waals surface area contributed by atoms with Gasteiger partial charge in [-0.2, -0.15) is 0 Å².